The molecular weight excluding hydrogens is 282 g/mol. The van der Waals surface area contributed by atoms with E-state index in [1.807, 2.05) is 6.08 Å². The first-order chi connectivity index (χ1) is 9.36. The standard InChI is InChI=1S/C12H19N3O4S/c13-11(7-8-2-1-5-14-8)12(16)15-9-3-4-10(6-9)20(17,18)19/h2,5,9-11H,1,3-4,6-7,13H2,(H,15,16)(H,17,18,19)/t9?,10?,11-/m0/s1. The summed E-state index contributed by atoms with van der Waals surface area (Å²) in [6.07, 6.45) is 5.93. The van der Waals surface area contributed by atoms with Gasteiger partial charge in [-0.3, -0.25) is 14.3 Å². The molecular formula is C12H19N3O4S. The maximum absolute atomic E-state index is 11.9. The number of allylic oxidation sites excluding steroid dienone is 1. The first-order valence-electron chi connectivity index (χ1n) is 6.60. The van der Waals surface area contributed by atoms with E-state index in [1.165, 1.54) is 0 Å². The Labute approximate surface area is 118 Å². The smallest absolute Gasteiger partial charge is 0.267 e. The van der Waals surface area contributed by atoms with Gasteiger partial charge < -0.3 is 11.1 Å². The molecule has 3 atom stereocenters. The molecule has 4 N–H and O–H groups in total. The number of aliphatic imine (C=N–C) groups is 1. The van der Waals surface area contributed by atoms with E-state index in [0.29, 0.717) is 19.3 Å². The first kappa shape index (κ1) is 15.1. The number of amides is 1. The Kier molecular flexibility index (Phi) is 4.56. The van der Waals surface area contributed by atoms with Crippen LogP contribution >= 0.6 is 0 Å². The number of nitrogens with zero attached hydrogens (tertiary/aromatic N) is 1. The molecule has 0 radical (unpaired) electrons. The van der Waals surface area contributed by atoms with Crippen molar-refractivity contribution in [1.29, 1.82) is 0 Å². The van der Waals surface area contributed by atoms with Gasteiger partial charge in [-0.05, 0) is 19.3 Å². The largest absolute Gasteiger partial charge is 0.352 e. The number of carbonyl (C=O) groups excluding carboxylic acids is 1. The van der Waals surface area contributed by atoms with Crippen LogP contribution in [0.5, 0.6) is 0 Å². The van der Waals surface area contributed by atoms with Gasteiger partial charge in [0.15, 0.2) is 0 Å². The molecule has 1 heterocycles. The fraction of sp³-hybridized carbons (Fsp3) is 0.667. The molecule has 0 spiro atoms. The van der Waals surface area contributed by atoms with Crippen molar-refractivity contribution in [3.05, 3.63) is 11.8 Å². The molecule has 2 unspecified atom stereocenters. The summed E-state index contributed by atoms with van der Waals surface area (Å²) in [5, 5.41) is 1.95. The minimum Gasteiger partial charge on any atom is -0.352 e. The highest BCUT2D eigenvalue weighted by molar-refractivity contribution is 7.86. The normalized spacial score (nSPS) is 27.4. The third kappa shape index (κ3) is 3.87. The van der Waals surface area contributed by atoms with E-state index in [1.54, 1.807) is 6.21 Å². The fourth-order valence-corrected chi connectivity index (χ4v) is 3.42. The van der Waals surface area contributed by atoms with Crippen molar-refractivity contribution in [3.8, 4) is 0 Å². The van der Waals surface area contributed by atoms with Crippen molar-refractivity contribution < 1.29 is 17.8 Å². The SMILES string of the molecule is N[C@@H](CC1=CCC=N1)C(=O)NC1CCC(S(=O)(=O)O)C1. The lowest BCUT2D eigenvalue weighted by molar-refractivity contribution is -0.123. The molecule has 0 aromatic carbocycles. The van der Waals surface area contributed by atoms with Crippen LogP contribution in [0, 0.1) is 0 Å². The number of rotatable bonds is 5. The fourth-order valence-electron chi connectivity index (χ4n) is 2.52. The Morgan fingerprint density at radius 3 is 2.85 bits per heavy atom. The second-order valence-electron chi connectivity index (χ2n) is 5.21. The van der Waals surface area contributed by atoms with E-state index in [2.05, 4.69) is 10.3 Å². The summed E-state index contributed by atoms with van der Waals surface area (Å²) in [6.45, 7) is 0. The molecule has 1 saturated carbocycles. The van der Waals surface area contributed by atoms with Gasteiger partial charge in [-0.1, -0.05) is 6.08 Å². The van der Waals surface area contributed by atoms with Gasteiger partial charge in [0.25, 0.3) is 10.1 Å². The van der Waals surface area contributed by atoms with Gasteiger partial charge in [0.2, 0.25) is 5.91 Å². The summed E-state index contributed by atoms with van der Waals surface area (Å²) in [6, 6.07) is -0.942. The lowest BCUT2D eigenvalue weighted by atomic mass is 10.1. The third-order valence-electron chi connectivity index (χ3n) is 3.63. The van der Waals surface area contributed by atoms with Crippen molar-refractivity contribution in [2.75, 3.05) is 0 Å². The molecule has 2 rings (SSSR count). The van der Waals surface area contributed by atoms with Gasteiger partial charge >= 0.3 is 0 Å². The van der Waals surface area contributed by atoms with Crippen LogP contribution in [0.2, 0.25) is 0 Å². The molecule has 0 saturated heterocycles. The minimum atomic E-state index is -4.02. The monoisotopic (exact) mass is 301 g/mol. The quantitative estimate of drug-likeness (QED) is 0.616. The lowest BCUT2D eigenvalue weighted by Crippen LogP contribution is -2.45. The first-order valence-corrected chi connectivity index (χ1v) is 8.10. The van der Waals surface area contributed by atoms with E-state index < -0.39 is 21.4 Å². The maximum Gasteiger partial charge on any atom is 0.267 e. The highest BCUT2D eigenvalue weighted by Gasteiger charge is 2.34. The predicted molar refractivity (Wildman–Crippen MR) is 74.9 cm³/mol. The zero-order valence-corrected chi connectivity index (χ0v) is 11.8. The lowest BCUT2D eigenvalue weighted by Gasteiger charge is -2.16. The molecule has 1 amide bonds. The zero-order valence-electron chi connectivity index (χ0n) is 11.0. The Bertz CT molecular complexity index is 541. The van der Waals surface area contributed by atoms with Crippen molar-refractivity contribution in [3.63, 3.8) is 0 Å². The summed E-state index contributed by atoms with van der Waals surface area (Å²) in [7, 11) is -4.02. The summed E-state index contributed by atoms with van der Waals surface area (Å²) in [5.41, 5.74) is 6.60. The van der Waals surface area contributed by atoms with Crippen LogP contribution in [0.1, 0.15) is 32.1 Å². The molecule has 20 heavy (non-hydrogen) atoms. The second-order valence-corrected chi connectivity index (χ2v) is 6.91. The topological polar surface area (TPSA) is 122 Å². The van der Waals surface area contributed by atoms with Gasteiger partial charge in [0.05, 0.1) is 11.3 Å². The number of carbonyl (C=O) groups is 1. The van der Waals surface area contributed by atoms with Crippen LogP contribution < -0.4 is 11.1 Å². The van der Waals surface area contributed by atoms with E-state index in [-0.39, 0.29) is 18.4 Å². The van der Waals surface area contributed by atoms with Crippen LogP contribution in [-0.2, 0) is 14.9 Å². The molecule has 0 bridgehead atoms. The second kappa shape index (κ2) is 6.02. The Morgan fingerprint density at radius 1 is 1.55 bits per heavy atom. The molecule has 7 nitrogen and oxygen atoms in total. The summed E-state index contributed by atoms with van der Waals surface area (Å²) in [5.74, 6) is -0.311. The Balaban J connectivity index is 1.81. The highest BCUT2D eigenvalue weighted by atomic mass is 32.2. The third-order valence-corrected chi connectivity index (χ3v) is 4.90. The van der Waals surface area contributed by atoms with Crippen LogP contribution in [0.25, 0.3) is 0 Å². The van der Waals surface area contributed by atoms with E-state index >= 15 is 0 Å². The Morgan fingerprint density at radius 2 is 2.30 bits per heavy atom. The minimum absolute atomic E-state index is 0.234. The van der Waals surface area contributed by atoms with Crippen LogP contribution in [0.4, 0.5) is 0 Å². The Hall–Kier alpha value is -1.25. The van der Waals surface area contributed by atoms with Crippen LogP contribution in [0.15, 0.2) is 16.8 Å². The number of nitrogens with two attached hydrogens (primary N) is 1. The molecule has 8 heteroatoms. The average molecular weight is 301 g/mol. The maximum atomic E-state index is 11.9. The zero-order chi connectivity index (χ0) is 14.8. The van der Waals surface area contributed by atoms with E-state index in [0.717, 1.165) is 12.1 Å². The van der Waals surface area contributed by atoms with Crippen LogP contribution in [0.3, 0.4) is 0 Å². The predicted octanol–water partition coefficient (Wildman–Crippen LogP) is -0.0127. The van der Waals surface area contributed by atoms with Crippen LogP contribution in [-0.4, -0.2) is 42.4 Å². The van der Waals surface area contributed by atoms with Crippen molar-refractivity contribution >= 4 is 22.2 Å². The van der Waals surface area contributed by atoms with Gasteiger partial charge in [0, 0.05) is 30.8 Å². The molecule has 0 aromatic heterocycles. The van der Waals surface area contributed by atoms with Gasteiger partial charge in [0.1, 0.15) is 0 Å². The molecule has 1 aliphatic heterocycles. The number of nitrogens with one attached hydrogen (secondary N) is 1. The average Bonchev–Trinajstić information content (AvgIpc) is 2.98. The van der Waals surface area contributed by atoms with Crippen molar-refractivity contribution in [2.45, 2.75) is 49.4 Å². The van der Waals surface area contributed by atoms with Crippen molar-refractivity contribution in [2.24, 2.45) is 10.7 Å². The number of hydrogen-bond donors (Lipinski definition) is 3. The molecule has 2 aliphatic rings. The molecule has 1 aliphatic carbocycles. The molecule has 1 fully saturated rings. The highest BCUT2D eigenvalue weighted by Crippen LogP contribution is 2.25. The molecule has 0 aromatic rings. The summed E-state index contributed by atoms with van der Waals surface area (Å²) < 4.78 is 31.0. The number of hydrogen-bond acceptors (Lipinski definition) is 5. The van der Waals surface area contributed by atoms with Gasteiger partial charge in [-0.25, -0.2) is 0 Å². The summed E-state index contributed by atoms with van der Waals surface area (Å²) in [4.78, 5) is 16.0. The molecule has 112 valence electrons. The van der Waals surface area contributed by atoms with E-state index in [9.17, 15) is 13.2 Å². The van der Waals surface area contributed by atoms with Gasteiger partial charge in [-0.15, -0.1) is 0 Å². The van der Waals surface area contributed by atoms with Gasteiger partial charge in [-0.2, -0.15) is 8.42 Å². The van der Waals surface area contributed by atoms with Crippen molar-refractivity contribution in [1.82, 2.24) is 5.32 Å². The van der Waals surface area contributed by atoms with E-state index in [4.69, 9.17) is 10.3 Å². The summed E-state index contributed by atoms with van der Waals surface area (Å²) >= 11 is 0.